The topological polar surface area (TPSA) is 151 Å². The highest BCUT2D eigenvalue weighted by Crippen LogP contribution is 2.48. The van der Waals surface area contributed by atoms with Crippen LogP contribution in [-0.4, -0.2) is 11.6 Å². The number of carbonyl (C=O) groups excluding carboxylic acids is 2. The number of nitrogen functional groups attached to an aromatic ring is 4. The number of ketones is 2. The van der Waals surface area contributed by atoms with Gasteiger partial charge in [-0.2, -0.15) is 0 Å². The fourth-order valence-electron chi connectivity index (χ4n) is 7.31. The number of hydrogen-bond donors (Lipinski definition) is 4. The van der Waals surface area contributed by atoms with Gasteiger partial charge < -0.3 is 27.4 Å². The zero-order chi connectivity index (χ0) is 39.6. The Morgan fingerprint density at radius 3 is 1.49 bits per heavy atom. The van der Waals surface area contributed by atoms with Gasteiger partial charge in [-0.15, -0.1) is 0 Å². The first-order valence-electron chi connectivity index (χ1n) is 18.4. The molecule has 1 atom stereocenters. The monoisotopic (exact) mass is 714 g/mol. The summed E-state index contributed by atoms with van der Waals surface area (Å²) in [6.07, 6.45) is 8.12. The van der Waals surface area contributed by atoms with E-state index in [-0.39, 0.29) is 17.5 Å². The average molecular weight is 715 g/mol. The first kappa shape index (κ1) is 39.2. The van der Waals surface area contributed by atoms with Gasteiger partial charge in [-0.25, -0.2) is 0 Å². The van der Waals surface area contributed by atoms with Crippen molar-refractivity contribution in [3.63, 3.8) is 0 Å². The Bertz CT molecular complexity index is 2070. The molecule has 53 heavy (non-hydrogen) atoms. The van der Waals surface area contributed by atoms with Crippen molar-refractivity contribution < 1.29 is 14.0 Å². The van der Waals surface area contributed by atoms with Gasteiger partial charge in [0.05, 0.1) is 5.92 Å². The van der Waals surface area contributed by atoms with Crippen LogP contribution in [-0.2, 0) is 9.59 Å². The summed E-state index contributed by atoms with van der Waals surface area (Å²) in [6, 6.07) is 15.0. The van der Waals surface area contributed by atoms with E-state index in [1.54, 1.807) is 12.1 Å². The van der Waals surface area contributed by atoms with Gasteiger partial charge in [0.1, 0.15) is 11.5 Å². The molecule has 8 N–H and O–H groups in total. The molecule has 0 spiro atoms. The van der Waals surface area contributed by atoms with E-state index in [0.717, 1.165) is 33.4 Å². The van der Waals surface area contributed by atoms with E-state index in [4.69, 9.17) is 27.4 Å². The van der Waals surface area contributed by atoms with E-state index in [1.807, 2.05) is 48.6 Å². The lowest BCUT2D eigenvalue weighted by Crippen LogP contribution is -2.31. The van der Waals surface area contributed by atoms with Gasteiger partial charge in [-0.05, 0) is 81.3 Å². The molecule has 0 saturated heterocycles. The highest BCUT2D eigenvalue weighted by atomic mass is 16.3. The Labute approximate surface area is 316 Å². The smallest absolute Gasteiger partial charge is 0.186 e. The van der Waals surface area contributed by atoms with E-state index < -0.39 is 27.6 Å². The van der Waals surface area contributed by atoms with E-state index in [0.29, 0.717) is 45.4 Å². The lowest BCUT2D eigenvalue weighted by molar-refractivity contribution is -0.115. The van der Waals surface area contributed by atoms with Crippen molar-refractivity contribution in [1.82, 2.24) is 0 Å². The molecular weight excluding hydrogens is 657 g/mol. The predicted octanol–water partition coefficient (Wildman–Crippen LogP) is 10.2. The van der Waals surface area contributed by atoms with Gasteiger partial charge in [0.15, 0.2) is 11.6 Å². The lowest BCUT2D eigenvalue weighted by Gasteiger charge is -2.35. The fourth-order valence-corrected chi connectivity index (χ4v) is 7.31. The second-order valence-electron chi connectivity index (χ2n) is 18.8. The van der Waals surface area contributed by atoms with Crippen LogP contribution in [0.4, 0.5) is 22.7 Å². The molecule has 0 aliphatic heterocycles. The van der Waals surface area contributed by atoms with E-state index in [9.17, 15) is 9.59 Å². The number of Topliss-reactive ketones (excluding diaryl/α,β-unsaturated/α-hetero) is 2. The first-order valence-corrected chi connectivity index (χ1v) is 18.4. The minimum atomic E-state index is -0.427. The summed E-state index contributed by atoms with van der Waals surface area (Å²) < 4.78 is 7.01. The Morgan fingerprint density at radius 1 is 0.585 bits per heavy atom. The van der Waals surface area contributed by atoms with Crippen LogP contribution in [0.1, 0.15) is 112 Å². The third-order valence-corrected chi connectivity index (χ3v) is 10.2. The molecule has 2 aliphatic rings. The summed E-state index contributed by atoms with van der Waals surface area (Å²) in [7, 11) is 0. The van der Waals surface area contributed by atoms with Gasteiger partial charge in [0, 0.05) is 62.1 Å². The summed E-state index contributed by atoms with van der Waals surface area (Å²) in [5.74, 6) is 0.644. The average Bonchev–Trinajstić information content (AvgIpc) is 3.47. The van der Waals surface area contributed by atoms with Crippen LogP contribution in [0.2, 0.25) is 0 Å². The van der Waals surface area contributed by atoms with Crippen molar-refractivity contribution in [3.05, 3.63) is 123 Å². The van der Waals surface area contributed by atoms with Gasteiger partial charge in [0.25, 0.3) is 0 Å². The van der Waals surface area contributed by atoms with E-state index >= 15 is 0 Å². The molecule has 2 aromatic carbocycles. The second kappa shape index (κ2) is 13.4. The molecule has 0 fully saturated rings. The molecule has 0 radical (unpaired) electrons. The zero-order valence-electron chi connectivity index (χ0n) is 33.6. The maximum atomic E-state index is 14.0. The summed E-state index contributed by atoms with van der Waals surface area (Å²) in [4.78, 5) is 28.0. The zero-order valence-corrected chi connectivity index (χ0v) is 33.6. The van der Waals surface area contributed by atoms with Gasteiger partial charge in [0.2, 0.25) is 0 Å². The summed E-state index contributed by atoms with van der Waals surface area (Å²) in [5, 5.41) is 0. The van der Waals surface area contributed by atoms with Gasteiger partial charge in [-0.1, -0.05) is 107 Å². The number of hydrogen-bond acceptors (Lipinski definition) is 7. The minimum absolute atomic E-state index is 0.0344. The minimum Gasteiger partial charge on any atom is -0.460 e. The van der Waals surface area contributed by atoms with Crippen molar-refractivity contribution in [2.45, 2.75) is 89.0 Å². The lowest BCUT2D eigenvalue weighted by atomic mass is 9.68. The summed E-state index contributed by atoms with van der Waals surface area (Å²) in [5.41, 5.74) is 32.4. The molecule has 7 nitrogen and oxygen atoms in total. The maximum absolute atomic E-state index is 14.0. The van der Waals surface area contributed by atoms with E-state index in [1.165, 1.54) is 0 Å². The van der Waals surface area contributed by atoms with Crippen LogP contribution in [0.25, 0.3) is 5.57 Å². The standard InChI is InChI=1S/C46H58N4O3/c1-43(2,3)31-19-25(20-32(41(31)51)44(4,5)6)39(29-15-13-27(47)23-35(29)49)37-17-18-38(53-37)40(30-16-14-28(48)24-36(30)50)26-21-33(45(7,8)9)42(52)34(22-26)46(10,11)12/h13-25,39H,47-50H2,1-12H3. The van der Waals surface area contributed by atoms with Crippen LogP contribution >= 0.6 is 0 Å². The van der Waals surface area contributed by atoms with Crippen molar-refractivity contribution >= 4 is 39.9 Å². The Kier molecular flexibility index (Phi) is 9.92. The van der Waals surface area contributed by atoms with Crippen LogP contribution < -0.4 is 22.9 Å². The molecule has 7 heteroatoms. The van der Waals surface area contributed by atoms with Crippen molar-refractivity contribution in [1.29, 1.82) is 0 Å². The molecular formula is C46H58N4O3. The van der Waals surface area contributed by atoms with Crippen LogP contribution in [0.5, 0.6) is 0 Å². The van der Waals surface area contributed by atoms with Crippen molar-refractivity contribution in [2.75, 3.05) is 22.9 Å². The Hall–Kier alpha value is -5.04. The molecule has 1 heterocycles. The molecule has 0 bridgehead atoms. The maximum Gasteiger partial charge on any atom is 0.186 e. The third kappa shape index (κ3) is 7.85. The first-order chi connectivity index (χ1) is 24.3. The van der Waals surface area contributed by atoms with E-state index in [2.05, 4.69) is 95.2 Å². The number of furan rings is 1. The molecule has 2 aliphatic carbocycles. The molecule has 0 amide bonds. The van der Waals surface area contributed by atoms with Crippen molar-refractivity contribution in [2.24, 2.45) is 27.6 Å². The largest absolute Gasteiger partial charge is 0.460 e. The normalized spacial score (nSPS) is 16.9. The Morgan fingerprint density at radius 2 is 1.04 bits per heavy atom. The fraction of sp³-hybridized carbons (Fsp3) is 0.391. The summed E-state index contributed by atoms with van der Waals surface area (Å²) in [6.45, 7) is 24.7. The molecule has 0 saturated carbocycles. The highest BCUT2D eigenvalue weighted by molar-refractivity contribution is 6.13. The predicted molar refractivity (Wildman–Crippen MR) is 221 cm³/mol. The Balaban J connectivity index is 1.85. The molecule has 1 aromatic heterocycles. The van der Waals surface area contributed by atoms with Crippen LogP contribution in [0, 0.1) is 27.6 Å². The number of nitrogens with two attached hydrogens (primary N) is 4. The number of benzene rings is 2. The van der Waals surface area contributed by atoms with Gasteiger partial charge >= 0.3 is 0 Å². The third-order valence-electron chi connectivity index (χ3n) is 10.2. The van der Waals surface area contributed by atoms with Crippen LogP contribution in [0.3, 0.4) is 0 Å². The molecule has 3 aromatic rings. The molecule has 280 valence electrons. The number of allylic oxidation sites excluding steroid dienone is 9. The summed E-state index contributed by atoms with van der Waals surface area (Å²) >= 11 is 0. The number of anilines is 4. The van der Waals surface area contributed by atoms with Gasteiger partial charge in [-0.3, -0.25) is 9.59 Å². The molecule has 1 unspecified atom stereocenters. The highest BCUT2D eigenvalue weighted by Gasteiger charge is 2.40. The molecule has 5 rings (SSSR count). The SMILES string of the molecule is CC(C)(C)C1=CC(=C(c2ccc(C(c3ccc(N)cc3N)C3C=C(C(C)(C)C)C(=O)C(C(C)(C)C)=C3)o2)c2ccc(N)cc2N)C=C(C(C)(C)C)C1=O. The second-order valence-corrected chi connectivity index (χ2v) is 18.8. The number of rotatable bonds is 5. The van der Waals surface area contributed by atoms with Crippen LogP contribution in [0.15, 0.2) is 105 Å². The van der Waals surface area contributed by atoms with Crippen molar-refractivity contribution in [3.8, 4) is 0 Å². The number of carbonyl (C=O) groups is 2. The quantitative estimate of drug-likeness (QED) is 0.192.